The Kier molecular flexibility index (Phi) is 14.4. The number of quaternary nitrogens is 2. The number of anilines is 1. The summed E-state index contributed by atoms with van der Waals surface area (Å²) in [6.45, 7) is 14.5. The lowest BCUT2D eigenvalue weighted by atomic mass is 10.1. The van der Waals surface area contributed by atoms with Gasteiger partial charge in [0.05, 0.1) is 26.2 Å². The molecule has 2 aromatic rings. The zero-order chi connectivity index (χ0) is 20.4. The number of rotatable bonds is 11. The van der Waals surface area contributed by atoms with Gasteiger partial charge >= 0.3 is 0 Å². The van der Waals surface area contributed by atoms with Crippen molar-refractivity contribution in [2.75, 3.05) is 38.0 Å². The number of carbonyl (C=O) groups is 1. The molecule has 1 unspecified atom stereocenters. The molecule has 0 aliphatic carbocycles. The molecule has 0 saturated carbocycles. The smallest absolute Gasteiger partial charge is 0.279 e. The first-order chi connectivity index (χ1) is 13.5. The fourth-order valence-electron chi connectivity index (χ4n) is 3.74. The van der Waals surface area contributed by atoms with Gasteiger partial charge in [-0.1, -0.05) is 48.5 Å². The summed E-state index contributed by atoms with van der Waals surface area (Å²) in [5, 5.41) is 3.15. The van der Waals surface area contributed by atoms with E-state index in [2.05, 4.69) is 43.4 Å². The SMILES string of the molecule is CC[NH+](CC)CCC[NH+](CC(=O)Nc1c(C)cccc1C)Cc1ccccc1.[Cl-].[Cl-]. The van der Waals surface area contributed by atoms with Gasteiger partial charge in [0.25, 0.3) is 5.91 Å². The fraction of sp³-hybridized carbons (Fsp3) is 0.458. The van der Waals surface area contributed by atoms with Gasteiger partial charge in [0.1, 0.15) is 6.54 Å². The normalized spacial score (nSPS) is 11.4. The molecule has 0 heterocycles. The molecule has 0 bridgehead atoms. The first kappa shape index (κ1) is 28.4. The maximum atomic E-state index is 12.8. The van der Waals surface area contributed by atoms with Crippen LogP contribution in [0.4, 0.5) is 5.69 Å². The van der Waals surface area contributed by atoms with Crippen molar-refractivity contribution in [2.24, 2.45) is 0 Å². The summed E-state index contributed by atoms with van der Waals surface area (Å²) < 4.78 is 0. The van der Waals surface area contributed by atoms with E-state index in [4.69, 9.17) is 0 Å². The van der Waals surface area contributed by atoms with Crippen molar-refractivity contribution in [1.82, 2.24) is 0 Å². The van der Waals surface area contributed by atoms with E-state index in [0.717, 1.165) is 49.4 Å². The van der Waals surface area contributed by atoms with Crippen LogP contribution in [0.5, 0.6) is 0 Å². The molecule has 1 amide bonds. The second-order valence-electron chi connectivity index (χ2n) is 7.71. The predicted molar refractivity (Wildman–Crippen MR) is 117 cm³/mol. The molecule has 1 atom stereocenters. The van der Waals surface area contributed by atoms with Crippen molar-refractivity contribution in [3.63, 3.8) is 0 Å². The molecule has 0 saturated heterocycles. The van der Waals surface area contributed by atoms with Crippen molar-refractivity contribution in [2.45, 2.75) is 40.7 Å². The van der Waals surface area contributed by atoms with Gasteiger partial charge in [0, 0.05) is 17.7 Å². The van der Waals surface area contributed by atoms with Gasteiger partial charge < -0.3 is 39.9 Å². The third-order valence-electron chi connectivity index (χ3n) is 5.51. The second-order valence-corrected chi connectivity index (χ2v) is 7.71. The Bertz CT molecular complexity index is 716. The Hall–Kier alpha value is -1.59. The van der Waals surface area contributed by atoms with E-state index >= 15 is 0 Å². The van der Waals surface area contributed by atoms with Crippen LogP contribution in [-0.2, 0) is 11.3 Å². The zero-order valence-corrected chi connectivity index (χ0v) is 20.2. The van der Waals surface area contributed by atoms with Gasteiger partial charge in [-0.2, -0.15) is 0 Å². The van der Waals surface area contributed by atoms with Crippen molar-refractivity contribution < 1.29 is 39.4 Å². The Morgan fingerprint density at radius 1 is 0.833 bits per heavy atom. The molecule has 0 radical (unpaired) electrons. The number of hydrogen-bond acceptors (Lipinski definition) is 1. The van der Waals surface area contributed by atoms with E-state index in [1.54, 1.807) is 4.90 Å². The minimum atomic E-state index is 0. The minimum Gasteiger partial charge on any atom is -1.00 e. The standard InChI is InChI=1S/C24H35N3O.2ClH/c1-5-26(6-2)16-11-17-27(18-22-14-8-7-9-15-22)19-23(28)25-24-20(3)12-10-13-21(24)4;;/h7-10,12-15H,5-6,11,16-19H2,1-4H3,(H,25,28);2*1H. The van der Waals surface area contributed by atoms with Crippen molar-refractivity contribution in [3.05, 3.63) is 65.2 Å². The molecule has 0 aromatic heterocycles. The maximum Gasteiger partial charge on any atom is 0.279 e. The van der Waals surface area contributed by atoms with E-state index in [0.29, 0.717) is 6.54 Å². The summed E-state index contributed by atoms with van der Waals surface area (Å²) in [7, 11) is 0. The highest BCUT2D eigenvalue weighted by Crippen LogP contribution is 2.18. The number of halogens is 2. The lowest BCUT2D eigenvalue weighted by Crippen LogP contribution is -3.14. The number of amides is 1. The average Bonchev–Trinajstić information content (AvgIpc) is 2.69. The van der Waals surface area contributed by atoms with Gasteiger partial charge in [-0.25, -0.2) is 0 Å². The number of nitrogens with one attached hydrogen (secondary N) is 3. The summed E-state index contributed by atoms with van der Waals surface area (Å²) >= 11 is 0. The topological polar surface area (TPSA) is 38.0 Å². The third kappa shape index (κ3) is 9.48. The van der Waals surface area contributed by atoms with Crippen molar-refractivity contribution in [3.8, 4) is 0 Å². The van der Waals surface area contributed by atoms with Crippen LogP contribution >= 0.6 is 0 Å². The van der Waals surface area contributed by atoms with E-state index < -0.39 is 0 Å². The summed E-state index contributed by atoms with van der Waals surface area (Å²) in [6, 6.07) is 16.6. The van der Waals surface area contributed by atoms with Crippen molar-refractivity contribution in [1.29, 1.82) is 0 Å². The van der Waals surface area contributed by atoms with Crippen LogP contribution in [0.3, 0.4) is 0 Å². The third-order valence-corrected chi connectivity index (χ3v) is 5.51. The molecular formula is C24H37Cl2N3O. The average molecular weight is 454 g/mol. The van der Waals surface area contributed by atoms with Crippen LogP contribution in [0.15, 0.2) is 48.5 Å². The summed E-state index contributed by atoms with van der Waals surface area (Å²) in [6.07, 6.45) is 1.13. The summed E-state index contributed by atoms with van der Waals surface area (Å²) in [4.78, 5) is 15.7. The quantitative estimate of drug-likeness (QED) is 0.316. The van der Waals surface area contributed by atoms with Crippen LogP contribution in [-0.4, -0.2) is 38.6 Å². The van der Waals surface area contributed by atoms with E-state index in [1.807, 2.05) is 38.1 Å². The monoisotopic (exact) mass is 453 g/mol. The number of aryl methyl sites for hydroxylation is 2. The molecule has 0 fully saturated rings. The predicted octanol–water partition coefficient (Wildman–Crippen LogP) is -4.35. The van der Waals surface area contributed by atoms with E-state index in [-0.39, 0.29) is 30.7 Å². The molecule has 0 spiro atoms. The van der Waals surface area contributed by atoms with Gasteiger partial charge in [-0.05, 0) is 38.8 Å². The fourth-order valence-corrected chi connectivity index (χ4v) is 3.74. The Balaban J connectivity index is 0.00000420. The minimum absolute atomic E-state index is 0. The highest BCUT2D eigenvalue weighted by molar-refractivity contribution is 5.93. The Morgan fingerprint density at radius 2 is 1.40 bits per heavy atom. The number of carbonyl (C=O) groups excluding carboxylic acids is 1. The van der Waals surface area contributed by atoms with Crippen LogP contribution in [0.2, 0.25) is 0 Å². The second kappa shape index (κ2) is 15.2. The molecule has 2 aromatic carbocycles. The van der Waals surface area contributed by atoms with Gasteiger partial charge in [-0.3, -0.25) is 4.79 Å². The first-order valence-electron chi connectivity index (χ1n) is 10.6. The zero-order valence-electron chi connectivity index (χ0n) is 18.7. The van der Waals surface area contributed by atoms with Crippen LogP contribution in [0.25, 0.3) is 0 Å². The molecule has 168 valence electrons. The molecule has 2 rings (SSSR count). The van der Waals surface area contributed by atoms with Gasteiger partial charge in [0.2, 0.25) is 0 Å². The first-order valence-corrected chi connectivity index (χ1v) is 10.6. The lowest BCUT2D eigenvalue weighted by Gasteiger charge is -2.21. The summed E-state index contributed by atoms with van der Waals surface area (Å²) in [5.41, 5.74) is 4.47. The highest BCUT2D eigenvalue weighted by Gasteiger charge is 2.17. The maximum absolute atomic E-state index is 12.8. The van der Waals surface area contributed by atoms with E-state index in [9.17, 15) is 4.79 Å². The molecule has 0 aliphatic rings. The molecular weight excluding hydrogens is 417 g/mol. The Labute approximate surface area is 194 Å². The number of para-hydroxylation sites is 1. The molecule has 4 nitrogen and oxygen atoms in total. The van der Waals surface area contributed by atoms with Crippen LogP contribution < -0.4 is 39.9 Å². The van der Waals surface area contributed by atoms with E-state index in [1.165, 1.54) is 17.0 Å². The summed E-state index contributed by atoms with van der Waals surface area (Å²) in [5.74, 6) is 0.0958. The molecule has 30 heavy (non-hydrogen) atoms. The number of benzene rings is 2. The van der Waals surface area contributed by atoms with Gasteiger partial charge in [-0.15, -0.1) is 0 Å². The highest BCUT2D eigenvalue weighted by atomic mass is 35.5. The van der Waals surface area contributed by atoms with Gasteiger partial charge in [0.15, 0.2) is 6.54 Å². The van der Waals surface area contributed by atoms with Crippen LogP contribution in [0, 0.1) is 13.8 Å². The molecule has 3 N–H and O–H groups in total. The number of hydrogen-bond donors (Lipinski definition) is 3. The van der Waals surface area contributed by atoms with Crippen LogP contribution in [0.1, 0.15) is 37.0 Å². The lowest BCUT2D eigenvalue weighted by molar-refractivity contribution is -0.921. The molecule has 0 aliphatic heterocycles. The Morgan fingerprint density at radius 3 is 1.97 bits per heavy atom. The molecule has 6 heteroatoms. The largest absolute Gasteiger partial charge is 1.00 e. The van der Waals surface area contributed by atoms with Crippen molar-refractivity contribution >= 4 is 11.6 Å².